The van der Waals surface area contributed by atoms with Crippen LogP contribution >= 0.6 is 0 Å². The van der Waals surface area contributed by atoms with Crippen molar-refractivity contribution < 1.29 is 4.52 Å². The smallest absolute Gasteiger partial charge is 0.225 e. The van der Waals surface area contributed by atoms with E-state index in [0.717, 1.165) is 47.2 Å². The van der Waals surface area contributed by atoms with Crippen molar-refractivity contribution in [3.8, 4) is 22.6 Å². The van der Waals surface area contributed by atoms with Crippen molar-refractivity contribution in [2.45, 2.75) is 33.6 Å². The van der Waals surface area contributed by atoms with Gasteiger partial charge in [-0.05, 0) is 44.7 Å². The van der Waals surface area contributed by atoms with Gasteiger partial charge in [-0.2, -0.15) is 0 Å². The maximum atomic E-state index is 5.49. The molecule has 6 nitrogen and oxygen atoms in total. The average molecular weight is 349 g/mol. The molecule has 3 aromatic rings. The maximum absolute atomic E-state index is 5.49. The lowest BCUT2D eigenvalue weighted by atomic mass is 10.0. The minimum atomic E-state index is 0.660. The standard InChI is InChI=1S/C20H23N5O/c1-13-6-5-9-25(12-13)20-22-11-17(18-10-14(2)24-26-18)19(23-20)16-7-4-8-21-15(16)3/h4,7-8,10-11,13H,5-6,9,12H2,1-3H3/t13-/m0/s1. The Hall–Kier alpha value is -2.76. The van der Waals surface area contributed by atoms with Crippen LogP contribution in [-0.2, 0) is 0 Å². The van der Waals surface area contributed by atoms with Crippen LogP contribution in [0.5, 0.6) is 0 Å². The van der Waals surface area contributed by atoms with E-state index in [1.165, 1.54) is 12.8 Å². The number of aromatic nitrogens is 4. The number of nitrogens with zero attached hydrogens (tertiary/aromatic N) is 5. The molecule has 4 heterocycles. The lowest BCUT2D eigenvalue weighted by Gasteiger charge is -2.31. The average Bonchev–Trinajstić information content (AvgIpc) is 3.08. The molecule has 0 saturated carbocycles. The first-order chi connectivity index (χ1) is 12.6. The van der Waals surface area contributed by atoms with Gasteiger partial charge < -0.3 is 9.42 Å². The van der Waals surface area contributed by atoms with E-state index in [1.54, 1.807) is 6.20 Å². The number of anilines is 1. The molecule has 6 heteroatoms. The number of piperidine rings is 1. The van der Waals surface area contributed by atoms with Crippen molar-refractivity contribution >= 4 is 5.95 Å². The monoisotopic (exact) mass is 349 g/mol. The molecule has 1 aliphatic rings. The Balaban J connectivity index is 1.83. The maximum Gasteiger partial charge on any atom is 0.225 e. The van der Waals surface area contributed by atoms with E-state index < -0.39 is 0 Å². The van der Waals surface area contributed by atoms with E-state index in [9.17, 15) is 0 Å². The number of hydrogen-bond donors (Lipinski definition) is 0. The van der Waals surface area contributed by atoms with Crippen LogP contribution < -0.4 is 4.90 Å². The van der Waals surface area contributed by atoms with Crippen LogP contribution in [0, 0.1) is 19.8 Å². The minimum Gasteiger partial charge on any atom is -0.356 e. The van der Waals surface area contributed by atoms with Crippen LogP contribution in [0.1, 0.15) is 31.2 Å². The molecule has 26 heavy (non-hydrogen) atoms. The number of aryl methyl sites for hydroxylation is 2. The Morgan fingerprint density at radius 1 is 1.19 bits per heavy atom. The van der Waals surface area contributed by atoms with Crippen molar-refractivity contribution in [2.75, 3.05) is 18.0 Å². The third-order valence-corrected chi connectivity index (χ3v) is 4.87. The van der Waals surface area contributed by atoms with Crippen molar-refractivity contribution in [2.24, 2.45) is 5.92 Å². The first-order valence-corrected chi connectivity index (χ1v) is 9.09. The highest BCUT2D eigenvalue weighted by Crippen LogP contribution is 2.33. The fourth-order valence-corrected chi connectivity index (χ4v) is 3.51. The molecule has 1 atom stereocenters. The summed E-state index contributed by atoms with van der Waals surface area (Å²) in [6.45, 7) is 8.18. The van der Waals surface area contributed by atoms with Gasteiger partial charge in [0.1, 0.15) is 0 Å². The largest absolute Gasteiger partial charge is 0.356 e. The molecular weight excluding hydrogens is 326 g/mol. The van der Waals surface area contributed by atoms with E-state index in [-0.39, 0.29) is 0 Å². The molecule has 0 unspecified atom stereocenters. The van der Waals surface area contributed by atoms with Gasteiger partial charge in [0.05, 0.1) is 17.0 Å². The molecule has 0 N–H and O–H groups in total. The number of rotatable bonds is 3. The highest BCUT2D eigenvalue weighted by atomic mass is 16.5. The van der Waals surface area contributed by atoms with Crippen molar-refractivity contribution in [3.05, 3.63) is 42.0 Å². The normalized spacial score (nSPS) is 17.5. The predicted molar refractivity (Wildman–Crippen MR) is 101 cm³/mol. The van der Waals surface area contributed by atoms with Crippen LogP contribution in [-0.4, -0.2) is 33.2 Å². The Labute approximate surface area is 153 Å². The Kier molecular flexibility index (Phi) is 4.41. The van der Waals surface area contributed by atoms with Gasteiger partial charge in [0.25, 0.3) is 0 Å². The van der Waals surface area contributed by atoms with E-state index in [1.807, 2.05) is 38.2 Å². The van der Waals surface area contributed by atoms with Crippen molar-refractivity contribution in [1.82, 2.24) is 20.1 Å². The molecule has 134 valence electrons. The van der Waals surface area contributed by atoms with Crippen LogP contribution in [0.2, 0.25) is 0 Å². The summed E-state index contributed by atoms with van der Waals surface area (Å²) in [5.41, 5.74) is 4.44. The molecule has 0 aliphatic carbocycles. The first-order valence-electron chi connectivity index (χ1n) is 9.09. The molecule has 0 spiro atoms. The lowest BCUT2D eigenvalue weighted by molar-refractivity contribution is 0.426. The Morgan fingerprint density at radius 2 is 2.08 bits per heavy atom. The van der Waals surface area contributed by atoms with E-state index in [4.69, 9.17) is 9.51 Å². The summed E-state index contributed by atoms with van der Waals surface area (Å²) in [6.07, 6.45) is 6.09. The molecule has 0 radical (unpaired) electrons. The summed E-state index contributed by atoms with van der Waals surface area (Å²) in [5, 5.41) is 4.02. The summed E-state index contributed by atoms with van der Waals surface area (Å²) in [7, 11) is 0. The van der Waals surface area contributed by atoms with Gasteiger partial charge in [0, 0.05) is 42.8 Å². The van der Waals surface area contributed by atoms with Gasteiger partial charge in [0.15, 0.2) is 5.76 Å². The zero-order valence-electron chi connectivity index (χ0n) is 15.4. The third-order valence-electron chi connectivity index (χ3n) is 4.87. The topological polar surface area (TPSA) is 67.9 Å². The zero-order valence-corrected chi connectivity index (χ0v) is 15.4. The van der Waals surface area contributed by atoms with E-state index in [0.29, 0.717) is 11.7 Å². The Bertz CT molecular complexity index is 920. The van der Waals surface area contributed by atoms with Crippen LogP contribution in [0.3, 0.4) is 0 Å². The number of hydrogen-bond acceptors (Lipinski definition) is 6. The molecule has 1 saturated heterocycles. The predicted octanol–water partition coefficient (Wildman–Crippen LogP) is 4.05. The summed E-state index contributed by atoms with van der Waals surface area (Å²) < 4.78 is 5.49. The molecule has 0 amide bonds. The molecule has 1 fully saturated rings. The summed E-state index contributed by atoms with van der Waals surface area (Å²) >= 11 is 0. The van der Waals surface area contributed by atoms with Gasteiger partial charge in [0.2, 0.25) is 5.95 Å². The third kappa shape index (κ3) is 3.19. The van der Waals surface area contributed by atoms with Gasteiger partial charge in [-0.1, -0.05) is 12.1 Å². The Morgan fingerprint density at radius 3 is 2.81 bits per heavy atom. The van der Waals surface area contributed by atoms with Crippen molar-refractivity contribution in [3.63, 3.8) is 0 Å². The highest BCUT2D eigenvalue weighted by Gasteiger charge is 2.22. The fourth-order valence-electron chi connectivity index (χ4n) is 3.51. The SMILES string of the molecule is Cc1cc(-c2cnc(N3CCC[C@H](C)C3)nc2-c2cccnc2C)on1. The molecule has 4 rings (SSSR count). The van der Waals surface area contributed by atoms with Crippen LogP contribution in [0.15, 0.2) is 35.1 Å². The second-order valence-corrected chi connectivity index (χ2v) is 7.09. The molecular formula is C20H23N5O. The molecule has 1 aliphatic heterocycles. The summed E-state index contributed by atoms with van der Waals surface area (Å²) in [5.74, 6) is 2.11. The summed E-state index contributed by atoms with van der Waals surface area (Å²) in [4.78, 5) is 16.3. The highest BCUT2D eigenvalue weighted by molar-refractivity contribution is 5.79. The first kappa shape index (κ1) is 16.7. The van der Waals surface area contributed by atoms with Gasteiger partial charge >= 0.3 is 0 Å². The quantitative estimate of drug-likeness (QED) is 0.711. The lowest BCUT2D eigenvalue weighted by Crippen LogP contribution is -2.35. The second-order valence-electron chi connectivity index (χ2n) is 7.09. The van der Waals surface area contributed by atoms with Crippen LogP contribution in [0.25, 0.3) is 22.6 Å². The van der Waals surface area contributed by atoms with Gasteiger partial charge in [-0.15, -0.1) is 0 Å². The fraction of sp³-hybridized carbons (Fsp3) is 0.400. The van der Waals surface area contributed by atoms with Gasteiger partial charge in [-0.25, -0.2) is 9.97 Å². The van der Waals surface area contributed by atoms with Crippen molar-refractivity contribution in [1.29, 1.82) is 0 Å². The van der Waals surface area contributed by atoms with Crippen LogP contribution in [0.4, 0.5) is 5.95 Å². The molecule has 0 aromatic carbocycles. The van der Waals surface area contributed by atoms with E-state index in [2.05, 4.69) is 26.9 Å². The summed E-state index contributed by atoms with van der Waals surface area (Å²) in [6, 6.07) is 5.89. The molecule has 0 bridgehead atoms. The minimum absolute atomic E-state index is 0.660. The zero-order chi connectivity index (χ0) is 18.1. The van der Waals surface area contributed by atoms with Gasteiger partial charge in [-0.3, -0.25) is 4.98 Å². The second kappa shape index (κ2) is 6.86. The van der Waals surface area contributed by atoms with E-state index >= 15 is 0 Å². The molecule has 3 aromatic heterocycles. The number of pyridine rings is 1.